The number of amides is 1. The van der Waals surface area contributed by atoms with Crippen molar-refractivity contribution in [1.82, 2.24) is 4.90 Å². The topological polar surface area (TPSA) is 40.5 Å². The fraction of sp³-hybridized carbons (Fsp3) is 0.562. The summed E-state index contributed by atoms with van der Waals surface area (Å²) in [5.41, 5.74) is 0.0685. The van der Waals surface area contributed by atoms with Crippen LogP contribution in [0.3, 0.4) is 0 Å². The summed E-state index contributed by atoms with van der Waals surface area (Å²) in [5.74, 6) is 0.119. The summed E-state index contributed by atoms with van der Waals surface area (Å²) < 4.78 is 13.9. The van der Waals surface area contributed by atoms with Crippen molar-refractivity contribution in [2.24, 2.45) is 11.8 Å². The van der Waals surface area contributed by atoms with Crippen LogP contribution in [0, 0.1) is 17.7 Å². The largest absolute Gasteiger partial charge is 0.393 e. The van der Waals surface area contributed by atoms with Crippen LogP contribution >= 0.6 is 11.6 Å². The lowest BCUT2D eigenvalue weighted by molar-refractivity contribution is 0.0717. The molecule has 2 saturated carbocycles. The zero-order valence-corrected chi connectivity index (χ0v) is 12.7. The van der Waals surface area contributed by atoms with Gasteiger partial charge in [-0.05, 0) is 55.7 Å². The van der Waals surface area contributed by atoms with Gasteiger partial charge in [-0.2, -0.15) is 0 Å². The first-order valence-electron chi connectivity index (χ1n) is 7.36. The molecular weight excluding hydrogens is 293 g/mol. The average molecular weight is 312 g/mol. The van der Waals surface area contributed by atoms with Gasteiger partial charge in [0.05, 0.1) is 11.7 Å². The lowest BCUT2D eigenvalue weighted by Gasteiger charge is -2.26. The molecule has 1 N–H and O–H groups in total. The predicted molar refractivity (Wildman–Crippen MR) is 78.7 cm³/mol. The van der Waals surface area contributed by atoms with E-state index < -0.39 is 5.82 Å². The molecule has 1 amide bonds. The van der Waals surface area contributed by atoms with E-state index in [0.29, 0.717) is 11.8 Å². The smallest absolute Gasteiger partial charge is 0.256 e. The van der Waals surface area contributed by atoms with E-state index in [2.05, 4.69) is 0 Å². The van der Waals surface area contributed by atoms with E-state index >= 15 is 0 Å². The van der Waals surface area contributed by atoms with E-state index in [1.54, 1.807) is 11.9 Å². The van der Waals surface area contributed by atoms with Crippen LogP contribution in [0.1, 0.15) is 36.0 Å². The number of aliphatic hydroxyl groups is 1. The number of hydrogen-bond donors (Lipinski definition) is 1. The monoisotopic (exact) mass is 311 g/mol. The Bertz CT molecular complexity index is 551. The Morgan fingerprint density at radius 3 is 2.48 bits per heavy atom. The van der Waals surface area contributed by atoms with Gasteiger partial charge >= 0.3 is 0 Å². The number of nitrogens with zero attached hydrogens (tertiary/aromatic N) is 1. The van der Waals surface area contributed by atoms with Crippen molar-refractivity contribution >= 4 is 17.5 Å². The van der Waals surface area contributed by atoms with E-state index in [0.717, 1.165) is 25.7 Å². The number of rotatable bonds is 2. The molecule has 0 aromatic heterocycles. The molecule has 1 aromatic rings. The van der Waals surface area contributed by atoms with Gasteiger partial charge < -0.3 is 10.0 Å². The van der Waals surface area contributed by atoms with E-state index in [-0.39, 0.29) is 28.6 Å². The Kier molecular flexibility index (Phi) is 3.93. The Hall–Kier alpha value is -1.13. The molecule has 0 spiro atoms. The van der Waals surface area contributed by atoms with Gasteiger partial charge in [-0.25, -0.2) is 4.39 Å². The first-order chi connectivity index (χ1) is 9.95. The molecular formula is C16H19ClFNO2. The Morgan fingerprint density at radius 2 is 1.90 bits per heavy atom. The third-order valence-corrected chi connectivity index (χ3v) is 5.23. The van der Waals surface area contributed by atoms with Crippen LogP contribution in [0.2, 0.25) is 5.02 Å². The molecule has 2 aliphatic carbocycles. The number of carbonyl (C=O) groups is 1. The molecule has 2 fully saturated rings. The van der Waals surface area contributed by atoms with E-state index in [1.165, 1.54) is 18.2 Å². The molecule has 3 rings (SSSR count). The molecule has 114 valence electrons. The number of benzene rings is 1. The van der Waals surface area contributed by atoms with Crippen LogP contribution in [-0.2, 0) is 0 Å². The molecule has 0 aliphatic heterocycles. The molecule has 1 aromatic carbocycles. The summed E-state index contributed by atoms with van der Waals surface area (Å²) in [6.45, 7) is 0. The second-order valence-corrected chi connectivity index (χ2v) is 6.75. The summed E-state index contributed by atoms with van der Waals surface area (Å²) in [6.07, 6.45) is 3.28. The molecule has 0 heterocycles. The molecule has 2 unspecified atom stereocenters. The van der Waals surface area contributed by atoms with Gasteiger partial charge in [-0.1, -0.05) is 11.6 Å². The summed E-state index contributed by atoms with van der Waals surface area (Å²) in [5, 5.41) is 9.95. The van der Waals surface area contributed by atoms with Crippen molar-refractivity contribution in [2.45, 2.75) is 37.8 Å². The SMILES string of the molecule is CN(C(=O)c1ccc(Cl)cc1F)C1C[C@H]2CC(O)C[C@H]2C1. The normalized spacial score (nSPS) is 31.2. The van der Waals surface area contributed by atoms with Gasteiger partial charge in [-0.15, -0.1) is 0 Å². The first kappa shape index (κ1) is 14.8. The van der Waals surface area contributed by atoms with Crippen molar-refractivity contribution < 1.29 is 14.3 Å². The summed E-state index contributed by atoms with van der Waals surface area (Å²) in [4.78, 5) is 14.1. The van der Waals surface area contributed by atoms with Crippen LogP contribution in [0.5, 0.6) is 0 Å². The highest BCUT2D eigenvalue weighted by molar-refractivity contribution is 6.30. The fourth-order valence-electron chi connectivity index (χ4n) is 3.89. The number of fused-ring (bicyclic) bond motifs is 1. The van der Waals surface area contributed by atoms with Crippen LogP contribution in [0.25, 0.3) is 0 Å². The molecule has 0 bridgehead atoms. The lowest BCUT2D eigenvalue weighted by atomic mass is 10.0. The van der Waals surface area contributed by atoms with Gasteiger partial charge in [-0.3, -0.25) is 4.79 Å². The Balaban J connectivity index is 1.71. The second-order valence-electron chi connectivity index (χ2n) is 6.31. The lowest BCUT2D eigenvalue weighted by Crippen LogP contribution is -2.36. The third-order valence-electron chi connectivity index (χ3n) is 5.00. The number of carbonyl (C=O) groups excluding carboxylic acids is 1. The molecule has 0 radical (unpaired) electrons. The highest BCUT2D eigenvalue weighted by Crippen LogP contribution is 2.45. The zero-order valence-electron chi connectivity index (χ0n) is 11.9. The van der Waals surface area contributed by atoms with Gasteiger partial charge in [0.15, 0.2) is 0 Å². The van der Waals surface area contributed by atoms with Crippen molar-refractivity contribution in [3.05, 3.63) is 34.6 Å². The van der Waals surface area contributed by atoms with Gasteiger partial charge in [0.1, 0.15) is 5.82 Å². The Labute approximate surface area is 128 Å². The minimum absolute atomic E-state index is 0.0685. The van der Waals surface area contributed by atoms with Gasteiger partial charge in [0.25, 0.3) is 5.91 Å². The number of halogens is 2. The second kappa shape index (κ2) is 5.58. The van der Waals surface area contributed by atoms with E-state index in [9.17, 15) is 14.3 Å². The van der Waals surface area contributed by atoms with Crippen molar-refractivity contribution in [3.8, 4) is 0 Å². The van der Waals surface area contributed by atoms with E-state index in [1.807, 2.05) is 0 Å². The maximum absolute atomic E-state index is 13.9. The minimum Gasteiger partial charge on any atom is -0.393 e. The maximum atomic E-state index is 13.9. The molecule has 0 saturated heterocycles. The van der Waals surface area contributed by atoms with Gasteiger partial charge in [0.2, 0.25) is 0 Å². The van der Waals surface area contributed by atoms with Crippen molar-refractivity contribution in [3.63, 3.8) is 0 Å². The van der Waals surface area contributed by atoms with E-state index in [4.69, 9.17) is 11.6 Å². The van der Waals surface area contributed by atoms with Crippen molar-refractivity contribution in [1.29, 1.82) is 0 Å². The molecule has 5 heteroatoms. The quantitative estimate of drug-likeness (QED) is 0.911. The average Bonchev–Trinajstić information content (AvgIpc) is 2.94. The number of aliphatic hydroxyl groups excluding tert-OH is 1. The summed E-state index contributed by atoms with van der Waals surface area (Å²) >= 11 is 5.72. The number of hydrogen-bond acceptors (Lipinski definition) is 2. The molecule has 4 atom stereocenters. The standard InChI is InChI=1S/C16H19ClFNO2/c1-19(12-4-9-6-13(20)7-10(9)5-12)16(21)14-3-2-11(17)8-15(14)18/h2-3,8-10,12-13,20H,4-7H2,1H3/t9-,10+,12?,13?. The third kappa shape index (κ3) is 2.79. The van der Waals surface area contributed by atoms with Crippen LogP contribution in [-0.4, -0.2) is 35.1 Å². The van der Waals surface area contributed by atoms with Crippen LogP contribution < -0.4 is 0 Å². The molecule has 21 heavy (non-hydrogen) atoms. The zero-order chi connectivity index (χ0) is 15.1. The Morgan fingerprint density at radius 1 is 1.29 bits per heavy atom. The minimum atomic E-state index is -0.576. The highest BCUT2D eigenvalue weighted by atomic mass is 35.5. The molecule has 2 aliphatic rings. The van der Waals surface area contributed by atoms with Crippen molar-refractivity contribution in [2.75, 3.05) is 7.05 Å². The summed E-state index contributed by atoms with van der Waals surface area (Å²) in [6, 6.07) is 4.28. The first-order valence-corrected chi connectivity index (χ1v) is 7.73. The van der Waals surface area contributed by atoms with Crippen LogP contribution in [0.15, 0.2) is 18.2 Å². The van der Waals surface area contributed by atoms with Gasteiger partial charge in [0, 0.05) is 18.1 Å². The highest BCUT2D eigenvalue weighted by Gasteiger charge is 2.43. The fourth-order valence-corrected chi connectivity index (χ4v) is 4.05. The maximum Gasteiger partial charge on any atom is 0.256 e. The molecule has 3 nitrogen and oxygen atoms in total. The predicted octanol–water partition coefficient (Wildman–Crippen LogP) is 3.10. The van der Waals surface area contributed by atoms with Crippen LogP contribution in [0.4, 0.5) is 4.39 Å². The summed E-state index contributed by atoms with van der Waals surface area (Å²) in [7, 11) is 1.73.